The summed E-state index contributed by atoms with van der Waals surface area (Å²) < 4.78 is 16.2. The Morgan fingerprint density at radius 1 is 1.07 bits per heavy atom. The van der Waals surface area contributed by atoms with Crippen LogP contribution in [-0.2, 0) is 9.53 Å². The van der Waals surface area contributed by atoms with Crippen molar-refractivity contribution < 1.29 is 23.8 Å². The van der Waals surface area contributed by atoms with Crippen LogP contribution in [0.5, 0.6) is 11.5 Å². The summed E-state index contributed by atoms with van der Waals surface area (Å²) in [6.07, 6.45) is -1.03. The van der Waals surface area contributed by atoms with E-state index in [4.69, 9.17) is 19.5 Å². The molecule has 0 aliphatic heterocycles. The number of ether oxygens (including phenoxy) is 3. The Kier molecular flexibility index (Phi) is 7.40. The molecule has 0 heterocycles. The molecule has 0 aliphatic rings. The fourth-order valence-electron chi connectivity index (χ4n) is 2.37. The fraction of sp³-hybridized carbons (Fsp3) is 0.286. The first-order valence-corrected chi connectivity index (χ1v) is 8.90. The molecule has 0 aliphatic carbocycles. The van der Waals surface area contributed by atoms with Crippen LogP contribution in [0.3, 0.4) is 0 Å². The van der Waals surface area contributed by atoms with E-state index in [9.17, 15) is 9.59 Å². The summed E-state index contributed by atoms with van der Waals surface area (Å²) in [4.78, 5) is 24.7. The fourth-order valence-corrected chi connectivity index (χ4v) is 2.37. The summed E-state index contributed by atoms with van der Waals surface area (Å²) in [5, 5.41) is 11.5. The van der Waals surface area contributed by atoms with Crippen LogP contribution in [0.1, 0.15) is 36.7 Å². The predicted octanol–water partition coefficient (Wildman–Crippen LogP) is 3.54. The standard InChI is InChI=1S/C21H22N2O5/c1-4-26-18-10-9-16(12-19(18)27-5-2)21(25)28-14(3)20(24)23-17-8-6-7-15(11-17)13-22/h6-12,14H,4-5H2,1-3H3,(H,23,24)/t14-/m1/s1. The van der Waals surface area contributed by atoms with Crippen LogP contribution < -0.4 is 14.8 Å². The minimum absolute atomic E-state index is 0.248. The van der Waals surface area contributed by atoms with Crippen molar-refractivity contribution in [2.24, 2.45) is 0 Å². The average Bonchev–Trinajstić information content (AvgIpc) is 2.69. The molecule has 0 saturated heterocycles. The molecule has 2 aromatic carbocycles. The number of carbonyl (C=O) groups excluding carboxylic acids is 2. The number of rotatable bonds is 8. The largest absolute Gasteiger partial charge is 0.490 e. The molecule has 0 saturated carbocycles. The SMILES string of the molecule is CCOc1ccc(C(=O)O[C@H](C)C(=O)Nc2cccc(C#N)c2)cc1OCC. The molecular formula is C21H22N2O5. The van der Waals surface area contributed by atoms with Crippen LogP contribution >= 0.6 is 0 Å². The zero-order chi connectivity index (χ0) is 20.5. The summed E-state index contributed by atoms with van der Waals surface area (Å²) in [7, 11) is 0. The number of benzene rings is 2. The number of hydrogen-bond acceptors (Lipinski definition) is 6. The third-order valence-electron chi connectivity index (χ3n) is 3.69. The van der Waals surface area contributed by atoms with E-state index in [2.05, 4.69) is 5.32 Å². The summed E-state index contributed by atoms with van der Waals surface area (Å²) in [6, 6.07) is 13.2. The van der Waals surface area contributed by atoms with Gasteiger partial charge in [0.25, 0.3) is 5.91 Å². The van der Waals surface area contributed by atoms with Gasteiger partial charge in [-0.2, -0.15) is 5.26 Å². The van der Waals surface area contributed by atoms with Crippen molar-refractivity contribution in [2.75, 3.05) is 18.5 Å². The molecule has 0 aromatic heterocycles. The molecule has 28 heavy (non-hydrogen) atoms. The zero-order valence-corrected chi connectivity index (χ0v) is 16.0. The Morgan fingerprint density at radius 3 is 2.46 bits per heavy atom. The Hall–Kier alpha value is -3.53. The molecule has 1 amide bonds. The van der Waals surface area contributed by atoms with E-state index >= 15 is 0 Å². The number of nitrogens with one attached hydrogen (secondary N) is 1. The van der Waals surface area contributed by atoms with E-state index < -0.39 is 18.0 Å². The van der Waals surface area contributed by atoms with Gasteiger partial charge in [-0.05, 0) is 57.2 Å². The second-order valence-electron chi connectivity index (χ2n) is 5.76. The van der Waals surface area contributed by atoms with Gasteiger partial charge in [0, 0.05) is 5.69 Å². The summed E-state index contributed by atoms with van der Waals surface area (Å²) in [5.74, 6) is -0.190. The van der Waals surface area contributed by atoms with Gasteiger partial charge < -0.3 is 19.5 Å². The Balaban J connectivity index is 2.05. The minimum atomic E-state index is -1.03. The van der Waals surface area contributed by atoms with Crippen molar-refractivity contribution in [3.8, 4) is 17.6 Å². The van der Waals surface area contributed by atoms with Gasteiger partial charge in [-0.1, -0.05) is 6.07 Å². The molecule has 2 aromatic rings. The normalized spacial score (nSPS) is 11.1. The third-order valence-corrected chi connectivity index (χ3v) is 3.69. The maximum Gasteiger partial charge on any atom is 0.339 e. The number of hydrogen-bond donors (Lipinski definition) is 1. The van der Waals surface area contributed by atoms with E-state index in [1.807, 2.05) is 19.9 Å². The lowest BCUT2D eigenvalue weighted by atomic mass is 10.2. The van der Waals surface area contributed by atoms with Crippen molar-refractivity contribution in [3.63, 3.8) is 0 Å². The Bertz CT molecular complexity index is 889. The molecule has 1 atom stereocenters. The highest BCUT2D eigenvalue weighted by atomic mass is 16.5. The van der Waals surface area contributed by atoms with Gasteiger partial charge in [0.1, 0.15) is 0 Å². The lowest BCUT2D eigenvalue weighted by Gasteiger charge is -2.15. The first-order valence-electron chi connectivity index (χ1n) is 8.90. The van der Waals surface area contributed by atoms with Gasteiger partial charge in [-0.3, -0.25) is 4.79 Å². The first kappa shape index (κ1) is 20.8. The van der Waals surface area contributed by atoms with Gasteiger partial charge in [-0.25, -0.2) is 4.79 Å². The predicted molar refractivity (Wildman–Crippen MR) is 103 cm³/mol. The zero-order valence-electron chi connectivity index (χ0n) is 16.0. The van der Waals surface area contributed by atoms with Crippen molar-refractivity contribution in [1.29, 1.82) is 5.26 Å². The van der Waals surface area contributed by atoms with Gasteiger partial charge in [0.2, 0.25) is 0 Å². The van der Waals surface area contributed by atoms with Crippen molar-refractivity contribution in [2.45, 2.75) is 26.9 Å². The van der Waals surface area contributed by atoms with Crippen LogP contribution in [0.2, 0.25) is 0 Å². The second kappa shape index (κ2) is 9.97. The minimum Gasteiger partial charge on any atom is -0.490 e. The highest BCUT2D eigenvalue weighted by molar-refractivity contribution is 5.97. The molecule has 0 spiro atoms. The van der Waals surface area contributed by atoms with Gasteiger partial charge in [0.15, 0.2) is 17.6 Å². The van der Waals surface area contributed by atoms with E-state index in [0.29, 0.717) is 36.0 Å². The Morgan fingerprint density at radius 2 is 1.79 bits per heavy atom. The molecule has 0 bridgehead atoms. The van der Waals surface area contributed by atoms with Crippen molar-refractivity contribution >= 4 is 17.6 Å². The van der Waals surface area contributed by atoms with E-state index in [0.717, 1.165) is 0 Å². The number of carbonyl (C=O) groups is 2. The second-order valence-corrected chi connectivity index (χ2v) is 5.76. The van der Waals surface area contributed by atoms with Crippen LogP contribution in [0.25, 0.3) is 0 Å². The average molecular weight is 382 g/mol. The van der Waals surface area contributed by atoms with Crippen LogP contribution in [-0.4, -0.2) is 31.2 Å². The van der Waals surface area contributed by atoms with Gasteiger partial charge in [0.05, 0.1) is 30.4 Å². The topological polar surface area (TPSA) is 97.6 Å². The molecular weight excluding hydrogens is 360 g/mol. The lowest BCUT2D eigenvalue weighted by molar-refractivity contribution is -0.123. The lowest BCUT2D eigenvalue weighted by Crippen LogP contribution is -2.30. The van der Waals surface area contributed by atoms with Crippen molar-refractivity contribution in [3.05, 3.63) is 53.6 Å². The van der Waals surface area contributed by atoms with E-state index in [1.54, 1.807) is 30.3 Å². The van der Waals surface area contributed by atoms with Gasteiger partial charge in [-0.15, -0.1) is 0 Å². The molecule has 0 radical (unpaired) electrons. The van der Waals surface area contributed by atoms with Crippen molar-refractivity contribution in [1.82, 2.24) is 0 Å². The molecule has 0 unspecified atom stereocenters. The number of nitriles is 1. The first-order chi connectivity index (χ1) is 13.5. The smallest absolute Gasteiger partial charge is 0.339 e. The highest BCUT2D eigenvalue weighted by Gasteiger charge is 2.20. The summed E-state index contributed by atoms with van der Waals surface area (Å²) >= 11 is 0. The quantitative estimate of drug-likeness (QED) is 0.701. The number of esters is 1. The summed E-state index contributed by atoms with van der Waals surface area (Å²) in [6.45, 7) is 6.03. The molecule has 7 heteroatoms. The van der Waals surface area contributed by atoms with Gasteiger partial charge >= 0.3 is 5.97 Å². The maximum atomic E-state index is 12.4. The third kappa shape index (κ3) is 5.48. The van der Waals surface area contributed by atoms with E-state index in [-0.39, 0.29) is 5.56 Å². The monoisotopic (exact) mass is 382 g/mol. The number of nitrogens with zero attached hydrogens (tertiary/aromatic N) is 1. The van der Waals surface area contributed by atoms with Crippen LogP contribution in [0.15, 0.2) is 42.5 Å². The number of amides is 1. The van der Waals surface area contributed by atoms with E-state index in [1.165, 1.54) is 19.1 Å². The molecule has 1 N–H and O–H groups in total. The maximum absolute atomic E-state index is 12.4. The molecule has 7 nitrogen and oxygen atoms in total. The van der Waals surface area contributed by atoms with Crippen LogP contribution in [0, 0.1) is 11.3 Å². The summed E-state index contributed by atoms with van der Waals surface area (Å²) in [5.41, 5.74) is 1.12. The molecule has 146 valence electrons. The number of anilines is 1. The molecule has 0 fully saturated rings. The highest BCUT2D eigenvalue weighted by Crippen LogP contribution is 2.29. The molecule has 2 rings (SSSR count). The van der Waals surface area contributed by atoms with Crippen LogP contribution in [0.4, 0.5) is 5.69 Å². The Labute approximate surface area is 163 Å².